The third-order valence-corrected chi connectivity index (χ3v) is 6.27. The van der Waals surface area contributed by atoms with Crippen LogP contribution in [0, 0.1) is 6.92 Å². The zero-order chi connectivity index (χ0) is 21.3. The molecule has 1 fully saturated rings. The summed E-state index contributed by atoms with van der Waals surface area (Å²) in [7, 11) is -4.16. The molecule has 2 aromatic carbocycles. The molecule has 2 aromatic rings. The van der Waals surface area contributed by atoms with Crippen LogP contribution >= 0.6 is 44.1 Å². The van der Waals surface area contributed by atoms with Gasteiger partial charge in [0.2, 0.25) is 0 Å². The number of carbonyl (C=O) groups excluding carboxylic acids is 2. The molecule has 2 amide bonds. The first kappa shape index (κ1) is 21.6. The number of halogens is 2. The van der Waals surface area contributed by atoms with Crippen molar-refractivity contribution in [1.29, 1.82) is 0 Å². The quantitative estimate of drug-likeness (QED) is 0.258. The first-order chi connectivity index (χ1) is 13.6. The second-order valence-electron chi connectivity index (χ2n) is 5.95. The van der Waals surface area contributed by atoms with Gasteiger partial charge >= 0.3 is 10.1 Å². The molecule has 29 heavy (non-hydrogen) atoms. The van der Waals surface area contributed by atoms with Crippen LogP contribution in [0.3, 0.4) is 0 Å². The third kappa shape index (κ3) is 4.92. The summed E-state index contributed by atoms with van der Waals surface area (Å²) in [6, 6.07) is 9.26. The Hall–Kier alpha value is -2.08. The molecule has 0 atom stereocenters. The number of carbonyl (C=O) groups is 2. The van der Waals surface area contributed by atoms with Crippen LogP contribution < -0.4 is 14.8 Å². The van der Waals surface area contributed by atoms with Gasteiger partial charge in [-0.25, -0.2) is 0 Å². The van der Waals surface area contributed by atoms with E-state index >= 15 is 0 Å². The Balaban J connectivity index is 2.07. The van der Waals surface area contributed by atoms with Crippen LogP contribution in [-0.2, 0) is 19.7 Å². The smallest absolute Gasteiger partial charge is 0.339 e. The largest absolute Gasteiger partial charge is 0.377 e. The molecule has 0 unspecified atom stereocenters. The van der Waals surface area contributed by atoms with E-state index < -0.39 is 21.9 Å². The van der Waals surface area contributed by atoms with E-state index in [4.69, 9.17) is 16.4 Å². The van der Waals surface area contributed by atoms with E-state index in [1.165, 1.54) is 24.3 Å². The Kier molecular flexibility index (Phi) is 6.22. The molecule has 3 rings (SSSR count). The van der Waals surface area contributed by atoms with E-state index in [1.807, 2.05) is 6.92 Å². The van der Waals surface area contributed by atoms with E-state index in [1.54, 1.807) is 18.2 Å². The Morgan fingerprint density at radius 2 is 1.62 bits per heavy atom. The molecule has 0 aliphatic carbocycles. The van der Waals surface area contributed by atoms with Crippen molar-refractivity contribution in [3.63, 3.8) is 0 Å². The Labute approximate surface area is 188 Å². The van der Waals surface area contributed by atoms with Gasteiger partial charge in [-0.15, -0.1) is 0 Å². The lowest BCUT2D eigenvalue weighted by Crippen LogP contribution is -2.51. The van der Waals surface area contributed by atoms with Gasteiger partial charge in [0.1, 0.15) is 10.5 Å². The number of amides is 2. The molecule has 0 radical (unpaired) electrons. The Morgan fingerprint density at radius 1 is 1.03 bits per heavy atom. The van der Waals surface area contributed by atoms with Gasteiger partial charge in [0, 0.05) is 10.0 Å². The highest BCUT2D eigenvalue weighted by atomic mass is 79.9. The van der Waals surface area contributed by atoms with Crippen molar-refractivity contribution < 1.29 is 22.2 Å². The zero-order valence-electron chi connectivity index (χ0n) is 14.7. The normalized spacial score (nSPS) is 14.3. The molecule has 1 saturated heterocycles. The lowest BCUT2D eigenvalue weighted by Gasteiger charge is -2.17. The van der Waals surface area contributed by atoms with Crippen LogP contribution in [0.1, 0.15) is 11.1 Å². The highest BCUT2D eigenvalue weighted by Gasteiger charge is 2.27. The minimum absolute atomic E-state index is 0.0324. The third-order valence-electron chi connectivity index (χ3n) is 3.78. The summed E-state index contributed by atoms with van der Waals surface area (Å²) in [4.78, 5) is 24.2. The maximum Gasteiger partial charge on any atom is 0.339 e. The molecule has 7 nitrogen and oxygen atoms in total. The average molecular weight is 560 g/mol. The molecule has 0 aromatic heterocycles. The second kappa shape index (κ2) is 8.34. The fourth-order valence-corrected chi connectivity index (χ4v) is 5.00. The van der Waals surface area contributed by atoms with Crippen molar-refractivity contribution in [3.8, 4) is 5.75 Å². The van der Waals surface area contributed by atoms with E-state index in [2.05, 4.69) is 42.5 Å². The standard InChI is InChI=1S/C18H12Br2N2O5S2/c1-9-2-4-12(5-3-9)29(25,26)27-15-10(6-11(19)8-14(15)20)7-13-16(23)21-18(28)22-17(13)24/h2-8H,1H3,(H2,21,22,23,24,28). The number of rotatable bonds is 4. The molecule has 0 bridgehead atoms. The fourth-order valence-electron chi connectivity index (χ4n) is 2.40. The van der Waals surface area contributed by atoms with Gasteiger partial charge < -0.3 is 4.18 Å². The van der Waals surface area contributed by atoms with Gasteiger partial charge in [-0.2, -0.15) is 8.42 Å². The van der Waals surface area contributed by atoms with Gasteiger partial charge in [0.15, 0.2) is 10.9 Å². The van der Waals surface area contributed by atoms with Crippen molar-refractivity contribution >= 4 is 77.2 Å². The lowest BCUT2D eigenvalue weighted by atomic mass is 10.1. The number of benzene rings is 2. The Bertz CT molecular complexity index is 1150. The van der Waals surface area contributed by atoms with Crippen molar-refractivity contribution in [3.05, 3.63) is 62.0 Å². The molecular formula is C18H12Br2N2O5S2. The first-order valence-electron chi connectivity index (χ1n) is 7.95. The molecule has 1 aliphatic rings. The maximum atomic E-state index is 12.7. The van der Waals surface area contributed by atoms with E-state index in [0.29, 0.717) is 8.95 Å². The predicted octanol–water partition coefficient (Wildman–Crippen LogP) is 3.20. The van der Waals surface area contributed by atoms with Crippen LogP contribution in [-0.4, -0.2) is 25.3 Å². The predicted molar refractivity (Wildman–Crippen MR) is 118 cm³/mol. The molecule has 1 aliphatic heterocycles. The van der Waals surface area contributed by atoms with Crippen molar-refractivity contribution in [2.75, 3.05) is 0 Å². The summed E-state index contributed by atoms with van der Waals surface area (Å²) >= 11 is 11.3. The number of nitrogens with one attached hydrogen (secondary N) is 2. The number of hydrogen-bond acceptors (Lipinski definition) is 6. The minimum Gasteiger partial charge on any atom is -0.377 e. The Morgan fingerprint density at radius 3 is 2.21 bits per heavy atom. The molecule has 11 heteroatoms. The van der Waals surface area contributed by atoms with E-state index in [9.17, 15) is 18.0 Å². The molecule has 0 saturated carbocycles. The van der Waals surface area contributed by atoms with Gasteiger partial charge in [0.05, 0.1) is 4.47 Å². The second-order valence-corrected chi connectivity index (χ2v) is 9.68. The van der Waals surface area contributed by atoms with Crippen molar-refractivity contribution in [2.45, 2.75) is 11.8 Å². The lowest BCUT2D eigenvalue weighted by molar-refractivity contribution is -0.123. The summed E-state index contributed by atoms with van der Waals surface area (Å²) in [6.45, 7) is 1.83. The summed E-state index contributed by atoms with van der Waals surface area (Å²) in [5.41, 5.74) is 0.836. The highest BCUT2D eigenvalue weighted by molar-refractivity contribution is 9.11. The monoisotopic (exact) mass is 558 g/mol. The average Bonchev–Trinajstić information content (AvgIpc) is 2.61. The molecule has 1 heterocycles. The van der Waals surface area contributed by atoms with Crippen LogP contribution in [0.2, 0.25) is 0 Å². The molecule has 2 N–H and O–H groups in total. The summed E-state index contributed by atoms with van der Waals surface area (Å²) < 4.78 is 31.7. The van der Waals surface area contributed by atoms with Crippen LogP contribution in [0.5, 0.6) is 5.75 Å². The van der Waals surface area contributed by atoms with Crippen LogP contribution in [0.25, 0.3) is 6.08 Å². The first-order valence-corrected chi connectivity index (χ1v) is 11.4. The number of hydrogen-bond donors (Lipinski definition) is 2. The van der Waals surface area contributed by atoms with Gasteiger partial charge in [-0.05, 0) is 65.4 Å². The number of aryl methyl sites for hydroxylation is 1. The maximum absolute atomic E-state index is 12.7. The number of thiocarbonyl (C=S) groups is 1. The fraction of sp³-hybridized carbons (Fsp3) is 0.0556. The van der Waals surface area contributed by atoms with E-state index in [-0.39, 0.29) is 26.9 Å². The summed E-state index contributed by atoms with van der Waals surface area (Å²) in [6.07, 6.45) is 1.22. The molecule has 0 spiro atoms. The highest BCUT2D eigenvalue weighted by Crippen LogP contribution is 2.36. The minimum atomic E-state index is -4.16. The van der Waals surface area contributed by atoms with Crippen molar-refractivity contribution in [2.24, 2.45) is 0 Å². The van der Waals surface area contributed by atoms with Crippen LogP contribution in [0.4, 0.5) is 0 Å². The molecular weight excluding hydrogens is 548 g/mol. The summed E-state index contributed by atoms with van der Waals surface area (Å²) in [5.74, 6) is -1.49. The summed E-state index contributed by atoms with van der Waals surface area (Å²) in [5, 5.41) is 4.53. The van der Waals surface area contributed by atoms with Gasteiger partial charge in [-0.3, -0.25) is 20.2 Å². The topological polar surface area (TPSA) is 102 Å². The van der Waals surface area contributed by atoms with Gasteiger partial charge in [0.25, 0.3) is 11.8 Å². The van der Waals surface area contributed by atoms with Crippen molar-refractivity contribution in [1.82, 2.24) is 10.6 Å². The van der Waals surface area contributed by atoms with E-state index in [0.717, 1.165) is 5.56 Å². The SMILES string of the molecule is Cc1ccc(S(=O)(=O)Oc2c(Br)cc(Br)cc2C=C2C(=O)NC(=S)NC2=O)cc1. The zero-order valence-corrected chi connectivity index (χ0v) is 19.5. The van der Waals surface area contributed by atoms with Gasteiger partial charge in [-0.1, -0.05) is 33.6 Å². The molecule has 150 valence electrons. The van der Waals surface area contributed by atoms with Crippen LogP contribution in [0.15, 0.2) is 55.8 Å².